The minimum absolute atomic E-state index is 0.187. The maximum Gasteiger partial charge on any atom is 0.510 e. The van der Waals surface area contributed by atoms with E-state index in [0.717, 1.165) is 22.6 Å². The van der Waals surface area contributed by atoms with E-state index in [1.165, 1.54) is 0 Å². The van der Waals surface area contributed by atoms with Crippen LogP contribution in [0.3, 0.4) is 0 Å². The van der Waals surface area contributed by atoms with Gasteiger partial charge >= 0.3 is 8.03 Å². The molecule has 1 atom stereocenters. The first-order valence-electron chi connectivity index (χ1n) is 7.37. The second kappa shape index (κ2) is 7.19. The summed E-state index contributed by atoms with van der Waals surface area (Å²) in [5.74, 6) is 0. The normalized spacial score (nSPS) is 11.1. The zero-order chi connectivity index (χ0) is 16.1. The van der Waals surface area contributed by atoms with Gasteiger partial charge in [-0.15, -0.1) is 0 Å². The molecule has 0 bridgehead atoms. The molecule has 0 radical (unpaired) electrons. The second-order valence-electron chi connectivity index (χ2n) is 5.18. The zero-order valence-electron chi connectivity index (χ0n) is 12.5. The van der Waals surface area contributed by atoms with Crippen LogP contribution in [0.15, 0.2) is 84.9 Å². The van der Waals surface area contributed by atoms with E-state index in [0.29, 0.717) is 0 Å². The van der Waals surface area contributed by atoms with Gasteiger partial charge in [-0.1, -0.05) is 48.5 Å². The Morgan fingerprint density at radius 2 is 1.13 bits per heavy atom. The molecule has 3 aromatic carbocycles. The number of rotatable bonds is 5. The SMILES string of the molecule is O=[P+](O)Cc1ccc(N(c2ccccc2)c2ccccc2)cc1. The van der Waals surface area contributed by atoms with Gasteiger partial charge in [0.1, 0.15) is 0 Å². The molecule has 4 heteroatoms. The van der Waals surface area contributed by atoms with E-state index < -0.39 is 8.03 Å². The highest BCUT2D eigenvalue weighted by Crippen LogP contribution is 2.34. The number of hydrogen-bond acceptors (Lipinski definition) is 2. The molecule has 0 heterocycles. The Bertz CT molecular complexity index is 734. The smallest absolute Gasteiger partial charge is 0.311 e. The van der Waals surface area contributed by atoms with E-state index in [9.17, 15) is 4.57 Å². The summed E-state index contributed by atoms with van der Waals surface area (Å²) in [7, 11) is -2.15. The fraction of sp³-hybridized carbons (Fsp3) is 0.0526. The summed E-state index contributed by atoms with van der Waals surface area (Å²) in [6.45, 7) is 0. The molecular formula is C19H17NO2P+. The molecule has 0 saturated carbocycles. The number of nitrogens with zero attached hydrogens (tertiary/aromatic N) is 1. The molecule has 0 aliphatic rings. The van der Waals surface area contributed by atoms with Gasteiger partial charge < -0.3 is 4.90 Å². The molecule has 3 rings (SSSR count). The number of hydrogen-bond donors (Lipinski definition) is 1. The number of para-hydroxylation sites is 2. The van der Waals surface area contributed by atoms with Crippen LogP contribution in [-0.2, 0) is 10.7 Å². The van der Waals surface area contributed by atoms with Gasteiger partial charge in [0.15, 0.2) is 0 Å². The summed E-state index contributed by atoms with van der Waals surface area (Å²) in [5, 5.41) is 0. The van der Waals surface area contributed by atoms with Crippen LogP contribution in [0.5, 0.6) is 0 Å². The largest absolute Gasteiger partial charge is 0.510 e. The molecule has 114 valence electrons. The third-order valence-electron chi connectivity index (χ3n) is 3.54. The second-order valence-corrected chi connectivity index (χ2v) is 6.20. The molecule has 0 fully saturated rings. The van der Waals surface area contributed by atoms with E-state index in [1.807, 2.05) is 60.7 Å². The van der Waals surface area contributed by atoms with Crippen molar-refractivity contribution < 1.29 is 9.46 Å². The van der Waals surface area contributed by atoms with Crippen LogP contribution >= 0.6 is 8.03 Å². The summed E-state index contributed by atoms with van der Waals surface area (Å²) in [5.41, 5.74) is 4.01. The minimum Gasteiger partial charge on any atom is -0.311 e. The van der Waals surface area contributed by atoms with Crippen LogP contribution in [0, 0.1) is 0 Å². The summed E-state index contributed by atoms with van der Waals surface area (Å²) >= 11 is 0. The predicted octanol–water partition coefficient (Wildman–Crippen LogP) is 5.39. The molecule has 23 heavy (non-hydrogen) atoms. The lowest BCUT2D eigenvalue weighted by atomic mass is 10.1. The van der Waals surface area contributed by atoms with Crippen molar-refractivity contribution in [2.24, 2.45) is 0 Å². The van der Waals surface area contributed by atoms with Crippen molar-refractivity contribution in [1.29, 1.82) is 0 Å². The van der Waals surface area contributed by atoms with Crippen molar-refractivity contribution in [3.05, 3.63) is 90.5 Å². The summed E-state index contributed by atoms with van der Waals surface area (Å²) in [4.78, 5) is 11.2. The van der Waals surface area contributed by atoms with Crippen LogP contribution in [0.2, 0.25) is 0 Å². The Kier molecular flexibility index (Phi) is 4.82. The molecule has 0 saturated heterocycles. The van der Waals surface area contributed by atoms with E-state index in [1.54, 1.807) is 0 Å². The van der Waals surface area contributed by atoms with Crippen LogP contribution in [0.4, 0.5) is 17.1 Å². The molecule has 0 amide bonds. The fourth-order valence-electron chi connectivity index (χ4n) is 2.51. The van der Waals surface area contributed by atoms with Crippen molar-refractivity contribution >= 4 is 25.1 Å². The maximum atomic E-state index is 11.0. The molecule has 0 aromatic heterocycles. The molecular weight excluding hydrogens is 305 g/mol. The van der Waals surface area contributed by atoms with Gasteiger partial charge in [-0.3, -0.25) is 0 Å². The highest BCUT2D eigenvalue weighted by Gasteiger charge is 2.14. The fourth-order valence-corrected chi connectivity index (χ4v) is 3.03. The molecule has 0 aliphatic carbocycles. The average molecular weight is 322 g/mol. The highest BCUT2D eigenvalue weighted by atomic mass is 31.1. The van der Waals surface area contributed by atoms with E-state index >= 15 is 0 Å². The summed E-state index contributed by atoms with van der Waals surface area (Å²) in [6.07, 6.45) is 0.187. The first-order valence-corrected chi connectivity index (χ1v) is 8.76. The Hall–Kier alpha value is -2.48. The minimum atomic E-state index is -2.15. The monoisotopic (exact) mass is 322 g/mol. The first-order chi connectivity index (χ1) is 11.2. The van der Waals surface area contributed by atoms with Gasteiger partial charge in [-0.2, -0.15) is 4.89 Å². The summed E-state index contributed by atoms with van der Waals surface area (Å²) < 4.78 is 11.0. The topological polar surface area (TPSA) is 40.5 Å². The lowest BCUT2D eigenvalue weighted by Crippen LogP contribution is -2.09. The lowest BCUT2D eigenvalue weighted by molar-refractivity contribution is 0.502. The predicted molar refractivity (Wildman–Crippen MR) is 94.7 cm³/mol. The lowest BCUT2D eigenvalue weighted by Gasteiger charge is -2.25. The third-order valence-corrected chi connectivity index (χ3v) is 4.18. The standard InChI is InChI=1S/C19H16NO2P/c21-23(22)15-16-11-13-19(14-12-16)20(17-7-3-1-4-8-17)18-9-5-2-6-10-18/h1-14H,15H2/p+1. The van der Waals surface area contributed by atoms with Crippen molar-refractivity contribution in [2.75, 3.05) is 4.90 Å². The van der Waals surface area contributed by atoms with Crippen LogP contribution in [-0.4, -0.2) is 4.89 Å². The van der Waals surface area contributed by atoms with Gasteiger partial charge in [0.05, 0.1) is 0 Å². The number of anilines is 3. The molecule has 1 N–H and O–H groups in total. The quantitative estimate of drug-likeness (QED) is 0.640. The van der Waals surface area contributed by atoms with Gasteiger partial charge in [0.25, 0.3) is 0 Å². The Morgan fingerprint density at radius 1 is 0.696 bits per heavy atom. The molecule has 0 spiro atoms. The van der Waals surface area contributed by atoms with E-state index in [-0.39, 0.29) is 6.16 Å². The third kappa shape index (κ3) is 3.84. The Balaban J connectivity index is 2.00. The van der Waals surface area contributed by atoms with Crippen molar-refractivity contribution in [1.82, 2.24) is 0 Å². The first kappa shape index (κ1) is 15.4. The maximum absolute atomic E-state index is 11.0. The van der Waals surface area contributed by atoms with Crippen molar-refractivity contribution in [2.45, 2.75) is 6.16 Å². The average Bonchev–Trinajstić information content (AvgIpc) is 2.58. The molecule has 3 nitrogen and oxygen atoms in total. The molecule has 0 aliphatic heterocycles. The van der Waals surface area contributed by atoms with E-state index in [4.69, 9.17) is 4.89 Å². The van der Waals surface area contributed by atoms with E-state index in [2.05, 4.69) is 29.2 Å². The van der Waals surface area contributed by atoms with Gasteiger partial charge in [-0.25, -0.2) is 0 Å². The Morgan fingerprint density at radius 3 is 1.57 bits per heavy atom. The van der Waals surface area contributed by atoms with Gasteiger partial charge in [-0.05, 0) is 41.0 Å². The Labute approximate surface area is 136 Å². The van der Waals surface area contributed by atoms with Crippen LogP contribution in [0.1, 0.15) is 5.56 Å². The van der Waals surface area contributed by atoms with Gasteiger partial charge in [0.2, 0.25) is 6.16 Å². The summed E-state index contributed by atoms with van der Waals surface area (Å²) in [6, 6.07) is 28.0. The molecule has 1 unspecified atom stereocenters. The van der Waals surface area contributed by atoms with Crippen molar-refractivity contribution in [3.63, 3.8) is 0 Å². The molecule has 3 aromatic rings. The van der Waals surface area contributed by atoms with Crippen LogP contribution < -0.4 is 4.90 Å². The highest BCUT2D eigenvalue weighted by molar-refractivity contribution is 7.37. The number of benzene rings is 3. The van der Waals surface area contributed by atoms with Gasteiger partial charge in [0, 0.05) is 22.6 Å². The zero-order valence-corrected chi connectivity index (χ0v) is 13.4. The van der Waals surface area contributed by atoms with Crippen LogP contribution in [0.25, 0.3) is 0 Å². The van der Waals surface area contributed by atoms with Crippen molar-refractivity contribution in [3.8, 4) is 0 Å².